The topological polar surface area (TPSA) is 73.9 Å². The van der Waals surface area contributed by atoms with E-state index in [9.17, 15) is 4.79 Å². The van der Waals surface area contributed by atoms with Crippen molar-refractivity contribution in [3.05, 3.63) is 23.2 Å². The summed E-state index contributed by atoms with van der Waals surface area (Å²) in [5, 5.41) is 18.0. The van der Waals surface area contributed by atoms with Gasteiger partial charge in [-0.05, 0) is 31.9 Å². The van der Waals surface area contributed by atoms with E-state index in [0.29, 0.717) is 24.0 Å². The maximum Gasteiger partial charge on any atom is 0.339 e. The van der Waals surface area contributed by atoms with Gasteiger partial charge in [0, 0.05) is 13.2 Å². The molecule has 2 heterocycles. The predicted molar refractivity (Wildman–Crippen MR) is 60.9 cm³/mol. The number of furan rings is 1. The fourth-order valence-corrected chi connectivity index (χ4v) is 2.26. The molecule has 1 aromatic rings. The maximum absolute atomic E-state index is 10.9. The summed E-state index contributed by atoms with van der Waals surface area (Å²) in [6.45, 7) is 4.26. The van der Waals surface area contributed by atoms with Crippen LogP contribution in [0, 0.1) is 12.8 Å². The SMILES string of the molecule is Cc1oc(CN2CCC(CO)C2)cc1C(=O)O. The van der Waals surface area contributed by atoms with Crippen molar-refractivity contribution in [2.45, 2.75) is 19.9 Å². The van der Waals surface area contributed by atoms with E-state index in [1.54, 1.807) is 13.0 Å². The number of rotatable bonds is 4. The Morgan fingerprint density at radius 2 is 2.41 bits per heavy atom. The summed E-state index contributed by atoms with van der Waals surface area (Å²) >= 11 is 0. The van der Waals surface area contributed by atoms with Gasteiger partial charge in [-0.15, -0.1) is 0 Å². The van der Waals surface area contributed by atoms with Crippen LogP contribution in [0.25, 0.3) is 0 Å². The average Bonchev–Trinajstić information content (AvgIpc) is 2.85. The number of hydrogen-bond donors (Lipinski definition) is 2. The Kier molecular flexibility index (Phi) is 3.49. The van der Waals surface area contributed by atoms with E-state index in [1.165, 1.54) is 0 Å². The molecule has 0 saturated carbocycles. The van der Waals surface area contributed by atoms with Crippen molar-refractivity contribution >= 4 is 5.97 Å². The third-order valence-electron chi connectivity index (χ3n) is 3.21. The zero-order valence-corrected chi connectivity index (χ0v) is 9.85. The van der Waals surface area contributed by atoms with Gasteiger partial charge in [-0.3, -0.25) is 4.90 Å². The van der Waals surface area contributed by atoms with Crippen molar-refractivity contribution in [2.75, 3.05) is 19.7 Å². The van der Waals surface area contributed by atoms with Gasteiger partial charge in [0.1, 0.15) is 17.1 Å². The molecule has 1 aliphatic rings. The van der Waals surface area contributed by atoms with Gasteiger partial charge < -0.3 is 14.6 Å². The highest BCUT2D eigenvalue weighted by Crippen LogP contribution is 2.21. The van der Waals surface area contributed by atoms with Gasteiger partial charge >= 0.3 is 5.97 Å². The lowest BCUT2D eigenvalue weighted by molar-refractivity contribution is 0.0695. The molecule has 1 aliphatic heterocycles. The number of carboxylic acids is 1. The molecule has 5 heteroatoms. The van der Waals surface area contributed by atoms with Crippen molar-refractivity contribution in [3.8, 4) is 0 Å². The first-order valence-corrected chi connectivity index (χ1v) is 5.76. The first kappa shape index (κ1) is 12.1. The maximum atomic E-state index is 10.9. The molecule has 1 unspecified atom stereocenters. The molecule has 2 N–H and O–H groups in total. The number of nitrogens with zero attached hydrogens (tertiary/aromatic N) is 1. The zero-order chi connectivity index (χ0) is 12.4. The van der Waals surface area contributed by atoms with Gasteiger partial charge in [-0.2, -0.15) is 0 Å². The predicted octanol–water partition coefficient (Wildman–Crippen LogP) is 1.10. The first-order valence-electron chi connectivity index (χ1n) is 5.76. The third kappa shape index (κ3) is 2.68. The molecule has 1 atom stereocenters. The Bertz CT molecular complexity index is 413. The van der Waals surface area contributed by atoms with E-state index in [4.69, 9.17) is 14.6 Å². The highest BCUT2D eigenvalue weighted by atomic mass is 16.4. The van der Waals surface area contributed by atoms with Gasteiger partial charge in [-0.1, -0.05) is 0 Å². The van der Waals surface area contributed by atoms with Crippen LogP contribution in [0.3, 0.4) is 0 Å². The molecule has 0 aliphatic carbocycles. The van der Waals surface area contributed by atoms with Gasteiger partial charge in [-0.25, -0.2) is 4.79 Å². The number of aryl methyl sites for hydroxylation is 1. The second-order valence-electron chi connectivity index (χ2n) is 4.56. The average molecular weight is 239 g/mol. The summed E-state index contributed by atoms with van der Waals surface area (Å²) in [6, 6.07) is 1.59. The second-order valence-corrected chi connectivity index (χ2v) is 4.56. The van der Waals surface area contributed by atoms with Crippen LogP contribution >= 0.6 is 0 Å². The van der Waals surface area contributed by atoms with Crippen molar-refractivity contribution in [1.29, 1.82) is 0 Å². The van der Waals surface area contributed by atoms with E-state index in [2.05, 4.69) is 4.90 Å². The highest BCUT2D eigenvalue weighted by molar-refractivity contribution is 5.88. The zero-order valence-electron chi connectivity index (χ0n) is 9.85. The van der Waals surface area contributed by atoms with E-state index >= 15 is 0 Å². The van der Waals surface area contributed by atoms with Crippen LogP contribution in [0.2, 0.25) is 0 Å². The number of aliphatic hydroxyl groups excluding tert-OH is 1. The normalized spacial score (nSPS) is 20.9. The molecule has 0 spiro atoms. The van der Waals surface area contributed by atoms with E-state index in [1.807, 2.05) is 0 Å². The highest BCUT2D eigenvalue weighted by Gasteiger charge is 2.23. The molecule has 0 radical (unpaired) electrons. The largest absolute Gasteiger partial charge is 0.478 e. The van der Waals surface area contributed by atoms with Crippen molar-refractivity contribution in [1.82, 2.24) is 4.90 Å². The Hall–Kier alpha value is -1.33. The minimum absolute atomic E-state index is 0.216. The number of aliphatic hydroxyl groups is 1. The molecular formula is C12H17NO4. The summed E-state index contributed by atoms with van der Waals surface area (Å²) in [6.07, 6.45) is 0.988. The fourth-order valence-electron chi connectivity index (χ4n) is 2.26. The number of carbonyl (C=O) groups is 1. The number of aromatic carboxylic acids is 1. The van der Waals surface area contributed by atoms with Crippen molar-refractivity contribution < 1.29 is 19.4 Å². The van der Waals surface area contributed by atoms with Crippen LogP contribution in [0.5, 0.6) is 0 Å². The molecule has 2 rings (SSSR count). The fraction of sp³-hybridized carbons (Fsp3) is 0.583. The second kappa shape index (κ2) is 4.89. The van der Waals surface area contributed by atoms with Crippen LogP contribution < -0.4 is 0 Å². The molecule has 94 valence electrons. The number of carboxylic acid groups (broad SMARTS) is 1. The summed E-state index contributed by atoms with van der Waals surface area (Å²) in [5.41, 5.74) is 0.234. The van der Waals surface area contributed by atoms with Gasteiger partial charge in [0.2, 0.25) is 0 Å². The smallest absolute Gasteiger partial charge is 0.339 e. The van der Waals surface area contributed by atoms with E-state index < -0.39 is 5.97 Å². The lowest BCUT2D eigenvalue weighted by Gasteiger charge is -2.13. The third-order valence-corrected chi connectivity index (χ3v) is 3.21. The van der Waals surface area contributed by atoms with E-state index in [0.717, 1.165) is 19.5 Å². The monoisotopic (exact) mass is 239 g/mol. The Morgan fingerprint density at radius 1 is 1.65 bits per heavy atom. The Balaban J connectivity index is 2.00. The minimum atomic E-state index is -0.952. The van der Waals surface area contributed by atoms with Crippen LogP contribution in [-0.4, -0.2) is 40.8 Å². The summed E-state index contributed by atoms with van der Waals surface area (Å²) in [5.74, 6) is 0.515. The number of likely N-dealkylation sites (tertiary alicyclic amines) is 1. The molecule has 0 amide bonds. The van der Waals surface area contributed by atoms with Gasteiger partial charge in [0.15, 0.2) is 0 Å². The molecule has 0 bridgehead atoms. The molecule has 5 nitrogen and oxygen atoms in total. The van der Waals surface area contributed by atoms with Gasteiger partial charge in [0.05, 0.1) is 6.54 Å². The molecule has 1 saturated heterocycles. The van der Waals surface area contributed by atoms with Crippen molar-refractivity contribution in [2.24, 2.45) is 5.92 Å². The lowest BCUT2D eigenvalue weighted by Crippen LogP contribution is -2.20. The molecule has 1 fully saturated rings. The molecule has 0 aromatic carbocycles. The van der Waals surface area contributed by atoms with Crippen molar-refractivity contribution in [3.63, 3.8) is 0 Å². The first-order chi connectivity index (χ1) is 8.10. The van der Waals surface area contributed by atoms with E-state index in [-0.39, 0.29) is 12.2 Å². The van der Waals surface area contributed by atoms with Crippen LogP contribution in [0.1, 0.15) is 28.3 Å². The molecule has 17 heavy (non-hydrogen) atoms. The van der Waals surface area contributed by atoms with Crippen LogP contribution in [-0.2, 0) is 6.54 Å². The summed E-state index contributed by atoms with van der Waals surface area (Å²) in [4.78, 5) is 13.0. The Labute approximate surface area is 99.6 Å². The quantitative estimate of drug-likeness (QED) is 0.823. The van der Waals surface area contributed by atoms with Gasteiger partial charge in [0.25, 0.3) is 0 Å². The summed E-state index contributed by atoms with van der Waals surface area (Å²) < 4.78 is 5.42. The molecular weight excluding hydrogens is 222 g/mol. The van der Waals surface area contributed by atoms with Crippen LogP contribution in [0.15, 0.2) is 10.5 Å². The number of hydrogen-bond acceptors (Lipinski definition) is 4. The van der Waals surface area contributed by atoms with Crippen LogP contribution in [0.4, 0.5) is 0 Å². The summed E-state index contributed by atoms with van der Waals surface area (Å²) in [7, 11) is 0. The molecule has 1 aromatic heterocycles. The lowest BCUT2D eigenvalue weighted by atomic mass is 10.1. The minimum Gasteiger partial charge on any atom is -0.478 e. The standard InChI is InChI=1S/C12H17NO4/c1-8-11(12(15)16)4-10(17-8)6-13-3-2-9(5-13)7-14/h4,9,14H,2-3,5-7H2,1H3,(H,15,16). The Morgan fingerprint density at radius 3 is 2.94 bits per heavy atom.